The first-order valence-corrected chi connectivity index (χ1v) is 9.02. The summed E-state index contributed by atoms with van der Waals surface area (Å²) >= 11 is 0. The minimum absolute atomic E-state index is 0.0262. The Morgan fingerprint density at radius 1 is 1.03 bits per heavy atom. The third-order valence-electron chi connectivity index (χ3n) is 4.83. The van der Waals surface area contributed by atoms with Gasteiger partial charge in [-0.05, 0) is 29.8 Å². The van der Waals surface area contributed by atoms with Gasteiger partial charge in [0, 0.05) is 11.8 Å². The van der Waals surface area contributed by atoms with Crippen LogP contribution < -0.4 is 9.64 Å². The molecule has 2 heterocycles. The highest BCUT2D eigenvalue weighted by Crippen LogP contribution is 2.42. The molecule has 1 saturated heterocycles. The van der Waals surface area contributed by atoms with Crippen LogP contribution in [0.25, 0.3) is 5.76 Å². The maximum atomic E-state index is 13.0. The van der Waals surface area contributed by atoms with Crippen molar-refractivity contribution in [1.82, 2.24) is 4.98 Å². The third-order valence-corrected chi connectivity index (χ3v) is 4.83. The third kappa shape index (κ3) is 3.25. The molecule has 0 saturated carbocycles. The van der Waals surface area contributed by atoms with Crippen LogP contribution in [-0.4, -0.2) is 28.9 Å². The van der Waals surface area contributed by atoms with Crippen LogP contribution in [0.5, 0.6) is 5.75 Å². The standard InChI is InChI=1S/C23H18N2O4/c1-29-18-11-5-9-16(13-18)20-19(21(26)15-7-3-2-4-8-15)22(27)23(28)25(20)17-10-6-12-24-14-17/h2-14,20,26H,1H3/b21-19+. The summed E-state index contributed by atoms with van der Waals surface area (Å²) in [5.74, 6) is -1.10. The van der Waals surface area contributed by atoms with Crippen LogP contribution in [0, 0.1) is 0 Å². The second-order valence-electron chi connectivity index (χ2n) is 6.52. The van der Waals surface area contributed by atoms with E-state index in [1.807, 2.05) is 6.07 Å². The van der Waals surface area contributed by atoms with Crippen molar-refractivity contribution in [2.24, 2.45) is 0 Å². The Morgan fingerprint density at radius 3 is 2.52 bits per heavy atom. The fourth-order valence-corrected chi connectivity index (χ4v) is 3.47. The number of aliphatic hydroxyl groups excluding tert-OH is 1. The monoisotopic (exact) mass is 386 g/mol. The summed E-state index contributed by atoms with van der Waals surface area (Å²) < 4.78 is 5.31. The Bertz CT molecular complexity index is 1090. The number of nitrogens with zero attached hydrogens (tertiary/aromatic N) is 2. The maximum absolute atomic E-state index is 13.0. The van der Waals surface area contributed by atoms with Crippen molar-refractivity contribution in [1.29, 1.82) is 0 Å². The molecule has 29 heavy (non-hydrogen) atoms. The number of aliphatic hydroxyl groups is 1. The molecule has 1 atom stereocenters. The van der Waals surface area contributed by atoms with Gasteiger partial charge in [0.1, 0.15) is 11.5 Å². The zero-order chi connectivity index (χ0) is 20.4. The zero-order valence-electron chi connectivity index (χ0n) is 15.6. The molecule has 0 bridgehead atoms. The van der Waals surface area contributed by atoms with E-state index in [2.05, 4.69) is 4.98 Å². The van der Waals surface area contributed by atoms with Crippen molar-refractivity contribution in [2.45, 2.75) is 6.04 Å². The number of ketones is 1. The smallest absolute Gasteiger partial charge is 0.300 e. The van der Waals surface area contributed by atoms with Gasteiger partial charge in [-0.3, -0.25) is 19.5 Å². The van der Waals surface area contributed by atoms with Crippen LogP contribution >= 0.6 is 0 Å². The molecule has 1 N–H and O–H groups in total. The van der Waals surface area contributed by atoms with Crippen molar-refractivity contribution in [3.63, 3.8) is 0 Å². The Balaban J connectivity index is 1.96. The lowest BCUT2D eigenvalue weighted by molar-refractivity contribution is -0.132. The first kappa shape index (κ1) is 18.4. The van der Waals surface area contributed by atoms with Gasteiger partial charge >= 0.3 is 0 Å². The average Bonchev–Trinajstić information content (AvgIpc) is 3.05. The molecule has 3 aromatic rings. The average molecular weight is 386 g/mol. The Kier molecular flexibility index (Phi) is 4.83. The van der Waals surface area contributed by atoms with E-state index in [1.165, 1.54) is 11.1 Å². The molecule has 6 nitrogen and oxygen atoms in total. The summed E-state index contributed by atoms with van der Waals surface area (Å²) in [5, 5.41) is 11.0. The van der Waals surface area contributed by atoms with E-state index in [-0.39, 0.29) is 11.3 Å². The van der Waals surface area contributed by atoms with E-state index >= 15 is 0 Å². The van der Waals surface area contributed by atoms with Gasteiger partial charge < -0.3 is 9.84 Å². The SMILES string of the molecule is COc1cccc(C2/C(=C(\O)c3ccccc3)C(=O)C(=O)N2c2cccnc2)c1. The molecule has 1 aliphatic heterocycles. The molecule has 1 amide bonds. The predicted octanol–water partition coefficient (Wildman–Crippen LogP) is 3.72. The number of benzene rings is 2. The first-order chi connectivity index (χ1) is 14.1. The van der Waals surface area contributed by atoms with Crippen LogP contribution in [0.1, 0.15) is 17.2 Å². The number of amides is 1. The second-order valence-corrected chi connectivity index (χ2v) is 6.52. The first-order valence-electron chi connectivity index (χ1n) is 9.02. The van der Waals surface area contributed by atoms with E-state index in [9.17, 15) is 14.7 Å². The molecule has 1 aromatic heterocycles. The summed E-state index contributed by atoms with van der Waals surface area (Å²) in [7, 11) is 1.54. The molecule has 144 valence electrons. The largest absolute Gasteiger partial charge is 0.507 e. The van der Waals surface area contributed by atoms with Gasteiger partial charge in [-0.25, -0.2) is 0 Å². The topological polar surface area (TPSA) is 79.7 Å². The van der Waals surface area contributed by atoms with E-state index < -0.39 is 17.7 Å². The molecule has 1 fully saturated rings. The van der Waals surface area contributed by atoms with Gasteiger partial charge in [-0.1, -0.05) is 42.5 Å². The summed E-state index contributed by atoms with van der Waals surface area (Å²) in [5.41, 5.74) is 1.60. The summed E-state index contributed by atoms with van der Waals surface area (Å²) in [6.07, 6.45) is 3.10. The number of carbonyl (C=O) groups is 2. The molecule has 4 rings (SSSR count). The lowest BCUT2D eigenvalue weighted by Crippen LogP contribution is -2.29. The molecule has 0 spiro atoms. The van der Waals surface area contributed by atoms with E-state index in [1.54, 1.807) is 74.0 Å². The Labute approximate surface area is 167 Å². The molecule has 2 aromatic carbocycles. The van der Waals surface area contributed by atoms with Gasteiger partial charge in [0.25, 0.3) is 11.7 Å². The van der Waals surface area contributed by atoms with Crippen LogP contribution in [0.3, 0.4) is 0 Å². The van der Waals surface area contributed by atoms with Crippen LogP contribution in [0.2, 0.25) is 0 Å². The lowest BCUT2D eigenvalue weighted by atomic mass is 9.95. The highest BCUT2D eigenvalue weighted by molar-refractivity contribution is 6.51. The fourth-order valence-electron chi connectivity index (χ4n) is 3.47. The van der Waals surface area contributed by atoms with Gasteiger partial charge in [0.05, 0.1) is 30.6 Å². The predicted molar refractivity (Wildman–Crippen MR) is 108 cm³/mol. The Morgan fingerprint density at radius 2 is 1.83 bits per heavy atom. The van der Waals surface area contributed by atoms with Crippen molar-refractivity contribution < 1.29 is 19.4 Å². The molecule has 0 aliphatic carbocycles. The van der Waals surface area contributed by atoms with Gasteiger partial charge in [0.15, 0.2) is 0 Å². The normalized spacial score (nSPS) is 18.1. The fraction of sp³-hybridized carbons (Fsp3) is 0.0870. The molecule has 1 unspecified atom stereocenters. The minimum Gasteiger partial charge on any atom is -0.507 e. The number of carbonyl (C=O) groups excluding carboxylic acids is 2. The van der Waals surface area contributed by atoms with Crippen LogP contribution in [0.4, 0.5) is 5.69 Å². The highest BCUT2D eigenvalue weighted by Gasteiger charge is 2.47. The number of hydrogen-bond acceptors (Lipinski definition) is 5. The van der Waals surface area contributed by atoms with E-state index in [0.717, 1.165) is 0 Å². The number of hydrogen-bond donors (Lipinski definition) is 1. The van der Waals surface area contributed by atoms with Crippen molar-refractivity contribution in [3.8, 4) is 5.75 Å². The zero-order valence-corrected chi connectivity index (χ0v) is 15.6. The molecular weight excluding hydrogens is 368 g/mol. The quantitative estimate of drug-likeness (QED) is 0.420. The van der Waals surface area contributed by atoms with Crippen LogP contribution in [0.15, 0.2) is 84.7 Å². The van der Waals surface area contributed by atoms with Crippen LogP contribution in [-0.2, 0) is 9.59 Å². The Hall–Kier alpha value is -3.93. The number of Topliss-reactive ketones (excluding diaryl/α,β-unsaturated/α-hetero) is 1. The molecule has 0 radical (unpaired) electrons. The second kappa shape index (κ2) is 7.59. The molecule has 1 aliphatic rings. The highest BCUT2D eigenvalue weighted by atomic mass is 16.5. The summed E-state index contributed by atoms with van der Waals surface area (Å²) in [6.45, 7) is 0. The van der Waals surface area contributed by atoms with Gasteiger partial charge in [-0.15, -0.1) is 0 Å². The summed E-state index contributed by atoms with van der Waals surface area (Å²) in [6, 6.07) is 18.4. The number of anilines is 1. The number of ether oxygens (including phenoxy) is 1. The van der Waals surface area contributed by atoms with E-state index in [4.69, 9.17) is 4.74 Å². The minimum atomic E-state index is -0.811. The number of rotatable bonds is 4. The molecular formula is C23H18N2O4. The van der Waals surface area contributed by atoms with Crippen molar-refractivity contribution in [2.75, 3.05) is 12.0 Å². The van der Waals surface area contributed by atoms with E-state index in [0.29, 0.717) is 22.6 Å². The maximum Gasteiger partial charge on any atom is 0.300 e. The summed E-state index contributed by atoms with van der Waals surface area (Å²) in [4.78, 5) is 31.4. The van der Waals surface area contributed by atoms with Gasteiger partial charge in [-0.2, -0.15) is 0 Å². The van der Waals surface area contributed by atoms with Crippen molar-refractivity contribution >= 4 is 23.1 Å². The number of pyridine rings is 1. The number of aromatic nitrogens is 1. The lowest BCUT2D eigenvalue weighted by Gasteiger charge is -2.25. The van der Waals surface area contributed by atoms with Crippen molar-refractivity contribution in [3.05, 3.63) is 95.8 Å². The molecule has 6 heteroatoms. The number of methoxy groups -OCH3 is 1. The van der Waals surface area contributed by atoms with Gasteiger partial charge in [0.2, 0.25) is 0 Å².